The fraction of sp³-hybridized carbons (Fsp3) is 0.111. The summed E-state index contributed by atoms with van der Waals surface area (Å²) in [6, 6.07) is 3.04. The Hall–Kier alpha value is -1.80. The highest BCUT2D eigenvalue weighted by Crippen LogP contribution is 2.29. The molecule has 1 heterocycles. The van der Waals surface area contributed by atoms with E-state index in [9.17, 15) is 14.5 Å². The maximum Gasteiger partial charge on any atom is 0.313 e. The predicted octanol–water partition coefficient (Wildman–Crippen LogP) is 2.82. The van der Waals surface area contributed by atoms with Crippen LogP contribution in [0.3, 0.4) is 0 Å². The van der Waals surface area contributed by atoms with Gasteiger partial charge in [-0.25, -0.2) is 4.39 Å². The number of ether oxygens (including phenoxy) is 1. The summed E-state index contributed by atoms with van der Waals surface area (Å²) in [4.78, 5) is 9.99. The molecule has 0 saturated heterocycles. The highest BCUT2D eigenvalue weighted by Gasteiger charge is 2.17. The van der Waals surface area contributed by atoms with Gasteiger partial charge in [-0.3, -0.25) is 10.1 Å². The van der Waals surface area contributed by atoms with Crippen molar-refractivity contribution in [1.29, 1.82) is 0 Å². The van der Waals surface area contributed by atoms with Crippen LogP contribution in [0.1, 0.15) is 5.69 Å². The largest absolute Gasteiger partial charge is 0.480 e. The van der Waals surface area contributed by atoms with E-state index in [1.807, 2.05) is 0 Å². The maximum atomic E-state index is 12.9. The van der Waals surface area contributed by atoms with Crippen LogP contribution < -0.4 is 4.74 Å². The molecule has 18 heavy (non-hydrogen) atoms. The first-order valence-corrected chi connectivity index (χ1v) is 5.76. The Kier molecular flexibility index (Phi) is 3.68. The molecule has 2 rings (SSSR count). The van der Waals surface area contributed by atoms with Crippen LogP contribution in [0, 0.1) is 15.9 Å². The second-order valence-corrected chi connectivity index (χ2v) is 4.51. The standard InChI is InChI=1S/C9H5ClFN3O3S/c10-9-6(12-13-18-9)4-17-8-2-1-5(11)3-7(8)14(15)16/h1-3H,4H2. The molecule has 0 fully saturated rings. The van der Waals surface area contributed by atoms with Crippen molar-refractivity contribution < 1.29 is 14.1 Å². The Bertz CT molecular complexity index is 592. The van der Waals surface area contributed by atoms with E-state index in [-0.39, 0.29) is 12.4 Å². The first kappa shape index (κ1) is 12.7. The van der Waals surface area contributed by atoms with Gasteiger partial charge in [-0.05, 0) is 12.1 Å². The SMILES string of the molecule is O=[N+]([O-])c1cc(F)ccc1OCc1nnsc1Cl. The van der Waals surface area contributed by atoms with E-state index in [0.29, 0.717) is 10.0 Å². The summed E-state index contributed by atoms with van der Waals surface area (Å²) in [5.74, 6) is -0.757. The Morgan fingerprint density at radius 2 is 2.33 bits per heavy atom. The number of nitro groups is 1. The smallest absolute Gasteiger partial charge is 0.313 e. The summed E-state index contributed by atoms with van der Waals surface area (Å²) in [6.07, 6.45) is 0. The molecule has 0 spiro atoms. The molecule has 0 saturated carbocycles. The van der Waals surface area contributed by atoms with Crippen molar-refractivity contribution in [2.45, 2.75) is 6.61 Å². The van der Waals surface area contributed by atoms with Gasteiger partial charge in [-0.1, -0.05) is 16.1 Å². The summed E-state index contributed by atoms with van der Waals surface area (Å²) in [5.41, 5.74) is -0.0744. The monoisotopic (exact) mass is 289 g/mol. The molecule has 94 valence electrons. The summed E-state index contributed by atoms with van der Waals surface area (Å²) in [5, 5.41) is 14.4. The lowest BCUT2D eigenvalue weighted by Gasteiger charge is -2.04. The molecular weight excluding hydrogens is 285 g/mol. The van der Waals surface area contributed by atoms with E-state index < -0.39 is 16.4 Å². The summed E-state index contributed by atoms with van der Waals surface area (Å²) < 4.78 is 22.0. The van der Waals surface area contributed by atoms with Crippen molar-refractivity contribution in [2.75, 3.05) is 0 Å². The van der Waals surface area contributed by atoms with Gasteiger partial charge in [0.1, 0.15) is 22.5 Å². The molecule has 1 aromatic carbocycles. The molecule has 0 N–H and O–H groups in total. The van der Waals surface area contributed by atoms with E-state index >= 15 is 0 Å². The molecular formula is C9H5ClFN3O3S. The number of rotatable bonds is 4. The fourth-order valence-electron chi connectivity index (χ4n) is 1.18. The Labute approximate surface area is 109 Å². The van der Waals surface area contributed by atoms with Crippen molar-refractivity contribution >= 4 is 28.8 Å². The number of hydrogen-bond acceptors (Lipinski definition) is 6. The molecule has 0 aliphatic carbocycles. The van der Waals surface area contributed by atoms with E-state index in [4.69, 9.17) is 16.3 Å². The average molecular weight is 290 g/mol. The minimum Gasteiger partial charge on any atom is -0.480 e. The number of nitrogens with zero attached hydrogens (tertiary/aromatic N) is 3. The van der Waals surface area contributed by atoms with Crippen LogP contribution in [0.2, 0.25) is 4.34 Å². The Balaban J connectivity index is 2.19. The predicted molar refractivity (Wildman–Crippen MR) is 62.3 cm³/mol. The van der Waals surface area contributed by atoms with Crippen molar-refractivity contribution in [1.82, 2.24) is 9.59 Å². The molecule has 0 aliphatic rings. The molecule has 6 nitrogen and oxygen atoms in total. The quantitative estimate of drug-likeness (QED) is 0.639. The maximum absolute atomic E-state index is 12.9. The molecule has 0 radical (unpaired) electrons. The van der Waals surface area contributed by atoms with Crippen LogP contribution in [0.4, 0.5) is 10.1 Å². The van der Waals surface area contributed by atoms with Crippen molar-refractivity contribution in [3.05, 3.63) is 44.2 Å². The highest BCUT2D eigenvalue weighted by molar-refractivity contribution is 7.10. The first-order chi connectivity index (χ1) is 8.58. The minimum absolute atomic E-state index is 0.0505. The molecule has 1 aromatic heterocycles. The van der Waals surface area contributed by atoms with Crippen LogP contribution in [-0.4, -0.2) is 14.5 Å². The fourth-order valence-corrected chi connectivity index (χ4v) is 1.79. The minimum atomic E-state index is -0.723. The van der Waals surface area contributed by atoms with Gasteiger partial charge in [-0.15, -0.1) is 5.10 Å². The molecule has 0 bridgehead atoms. The number of hydrogen-bond donors (Lipinski definition) is 0. The zero-order valence-electron chi connectivity index (χ0n) is 8.67. The highest BCUT2D eigenvalue weighted by atomic mass is 35.5. The zero-order valence-corrected chi connectivity index (χ0v) is 10.2. The van der Waals surface area contributed by atoms with Gasteiger partial charge >= 0.3 is 5.69 Å². The van der Waals surface area contributed by atoms with Gasteiger partial charge in [0, 0.05) is 11.5 Å². The van der Waals surface area contributed by atoms with Gasteiger partial charge in [-0.2, -0.15) is 0 Å². The number of aromatic nitrogens is 2. The van der Waals surface area contributed by atoms with Crippen molar-refractivity contribution in [2.24, 2.45) is 0 Å². The number of benzene rings is 1. The van der Waals surface area contributed by atoms with Crippen LogP contribution in [0.5, 0.6) is 5.75 Å². The zero-order chi connectivity index (χ0) is 13.1. The first-order valence-electron chi connectivity index (χ1n) is 4.61. The summed E-state index contributed by atoms with van der Waals surface area (Å²) >= 11 is 6.74. The second kappa shape index (κ2) is 5.23. The number of halogens is 2. The van der Waals surface area contributed by atoms with Crippen LogP contribution in [0.15, 0.2) is 18.2 Å². The third-order valence-electron chi connectivity index (χ3n) is 1.99. The summed E-state index contributed by atoms with van der Waals surface area (Å²) in [7, 11) is 0. The van der Waals surface area contributed by atoms with Crippen LogP contribution in [0.25, 0.3) is 0 Å². The van der Waals surface area contributed by atoms with Gasteiger partial charge < -0.3 is 4.74 Å². The third-order valence-corrected chi connectivity index (χ3v) is 2.98. The van der Waals surface area contributed by atoms with Crippen LogP contribution in [-0.2, 0) is 6.61 Å². The van der Waals surface area contributed by atoms with Gasteiger partial charge in [0.05, 0.1) is 11.0 Å². The molecule has 0 aliphatic heterocycles. The average Bonchev–Trinajstić information content (AvgIpc) is 2.73. The molecule has 0 amide bonds. The Morgan fingerprint density at radius 3 is 2.94 bits per heavy atom. The van der Waals surface area contributed by atoms with Gasteiger partial charge in [0.2, 0.25) is 0 Å². The van der Waals surface area contributed by atoms with E-state index in [0.717, 1.165) is 23.7 Å². The van der Waals surface area contributed by atoms with Gasteiger partial charge in [0.15, 0.2) is 5.75 Å². The Morgan fingerprint density at radius 1 is 1.56 bits per heavy atom. The topological polar surface area (TPSA) is 78.2 Å². The van der Waals surface area contributed by atoms with Crippen molar-refractivity contribution in [3.8, 4) is 5.75 Å². The lowest BCUT2D eigenvalue weighted by Crippen LogP contribution is -2.00. The lowest BCUT2D eigenvalue weighted by molar-refractivity contribution is -0.386. The van der Waals surface area contributed by atoms with Crippen LogP contribution >= 0.6 is 23.1 Å². The van der Waals surface area contributed by atoms with Gasteiger partial charge in [0.25, 0.3) is 0 Å². The normalized spacial score (nSPS) is 10.3. The second-order valence-electron chi connectivity index (χ2n) is 3.15. The molecule has 9 heteroatoms. The number of nitro benzene ring substituents is 1. The lowest BCUT2D eigenvalue weighted by atomic mass is 10.3. The summed E-state index contributed by atoms with van der Waals surface area (Å²) in [6.45, 7) is -0.0677. The molecule has 2 aromatic rings. The van der Waals surface area contributed by atoms with E-state index in [1.165, 1.54) is 6.07 Å². The van der Waals surface area contributed by atoms with E-state index in [2.05, 4.69) is 9.59 Å². The third kappa shape index (κ3) is 2.71. The molecule has 0 unspecified atom stereocenters. The van der Waals surface area contributed by atoms with E-state index in [1.54, 1.807) is 0 Å². The van der Waals surface area contributed by atoms with Crippen molar-refractivity contribution in [3.63, 3.8) is 0 Å². The molecule has 0 atom stereocenters.